The molecule has 0 rings (SSSR count). The van der Waals surface area contributed by atoms with Crippen molar-refractivity contribution in [2.75, 3.05) is 6.54 Å². The predicted octanol–water partition coefficient (Wildman–Crippen LogP) is 2.20. The summed E-state index contributed by atoms with van der Waals surface area (Å²) in [4.78, 5) is 11.3. The SMILES string of the molecule is CC(C)C#CCNC(=O)CC(C)(C)C. The van der Waals surface area contributed by atoms with Crippen LogP contribution in [-0.2, 0) is 4.79 Å². The molecule has 2 heteroatoms. The average molecular weight is 195 g/mol. The maximum atomic E-state index is 11.3. The molecule has 0 spiro atoms. The van der Waals surface area contributed by atoms with E-state index in [0.29, 0.717) is 18.9 Å². The quantitative estimate of drug-likeness (QED) is 0.672. The molecule has 0 aliphatic heterocycles. The van der Waals surface area contributed by atoms with E-state index in [4.69, 9.17) is 0 Å². The second-order valence-electron chi connectivity index (χ2n) is 4.99. The molecule has 0 saturated carbocycles. The van der Waals surface area contributed by atoms with Crippen molar-refractivity contribution in [3.63, 3.8) is 0 Å². The molecule has 0 fully saturated rings. The third-order valence-electron chi connectivity index (χ3n) is 1.46. The van der Waals surface area contributed by atoms with E-state index < -0.39 is 0 Å². The van der Waals surface area contributed by atoms with E-state index in [2.05, 4.69) is 17.2 Å². The molecule has 0 heterocycles. The Hall–Kier alpha value is -0.970. The van der Waals surface area contributed by atoms with Crippen molar-refractivity contribution < 1.29 is 4.79 Å². The topological polar surface area (TPSA) is 29.1 Å². The molecule has 0 saturated heterocycles. The van der Waals surface area contributed by atoms with Gasteiger partial charge in [0.25, 0.3) is 0 Å². The van der Waals surface area contributed by atoms with E-state index in [1.807, 2.05) is 34.6 Å². The van der Waals surface area contributed by atoms with Gasteiger partial charge in [0.2, 0.25) is 5.91 Å². The maximum Gasteiger partial charge on any atom is 0.221 e. The summed E-state index contributed by atoms with van der Waals surface area (Å²) in [7, 11) is 0. The minimum atomic E-state index is 0.0512. The fraction of sp³-hybridized carbons (Fsp3) is 0.750. The van der Waals surface area contributed by atoms with Crippen molar-refractivity contribution in [3.05, 3.63) is 0 Å². The zero-order chi connectivity index (χ0) is 11.2. The zero-order valence-electron chi connectivity index (χ0n) is 9.90. The summed E-state index contributed by atoms with van der Waals surface area (Å²) in [6.45, 7) is 10.7. The third-order valence-corrected chi connectivity index (χ3v) is 1.46. The summed E-state index contributed by atoms with van der Waals surface area (Å²) in [5.74, 6) is 6.37. The fourth-order valence-corrected chi connectivity index (χ4v) is 0.942. The lowest BCUT2D eigenvalue weighted by atomic mass is 9.92. The van der Waals surface area contributed by atoms with Crippen LogP contribution in [0.3, 0.4) is 0 Å². The van der Waals surface area contributed by atoms with E-state index in [1.165, 1.54) is 0 Å². The van der Waals surface area contributed by atoms with Gasteiger partial charge in [-0.15, -0.1) is 0 Å². The Labute approximate surface area is 87.5 Å². The van der Waals surface area contributed by atoms with Gasteiger partial charge in [0, 0.05) is 12.3 Å². The molecular weight excluding hydrogens is 174 g/mol. The van der Waals surface area contributed by atoms with Crippen molar-refractivity contribution in [1.29, 1.82) is 0 Å². The van der Waals surface area contributed by atoms with Crippen LogP contribution in [0.2, 0.25) is 0 Å². The van der Waals surface area contributed by atoms with Crippen LogP contribution in [0.25, 0.3) is 0 Å². The van der Waals surface area contributed by atoms with Crippen molar-refractivity contribution in [1.82, 2.24) is 5.32 Å². The molecule has 2 nitrogen and oxygen atoms in total. The first-order valence-electron chi connectivity index (χ1n) is 5.06. The van der Waals surface area contributed by atoms with Crippen LogP contribution in [-0.4, -0.2) is 12.5 Å². The van der Waals surface area contributed by atoms with Gasteiger partial charge in [-0.1, -0.05) is 46.5 Å². The molecular formula is C12H21NO. The predicted molar refractivity (Wildman–Crippen MR) is 59.7 cm³/mol. The van der Waals surface area contributed by atoms with E-state index in [9.17, 15) is 4.79 Å². The van der Waals surface area contributed by atoms with Gasteiger partial charge in [0.1, 0.15) is 0 Å². The van der Waals surface area contributed by atoms with E-state index in [-0.39, 0.29) is 11.3 Å². The van der Waals surface area contributed by atoms with Crippen LogP contribution in [0.4, 0.5) is 0 Å². The van der Waals surface area contributed by atoms with Crippen molar-refractivity contribution in [3.8, 4) is 11.8 Å². The Morgan fingerprint density at radius 2 is 1.93 bits per heavy atom. The minimum absolute atomic E-state index is 0.0512. The molecule has 0 aliphatic rings. The highest BCUT2D eigenvalue weighted by Crippen LogP contribution is 2.17. The molecule has 1 N–H and O–H groups in total. The van der Waals surface area contributed by atoms with Crippen molar-refractivity contribution in [2.45, 2.75) is 41.0 Å². The largest absolute Gasteiger partial charge is 0.345 e. The first-order valence-corrected chi connectivity index (χ1v) is 5.06. The van der Waals surface area contributed by atoms with Gasteiger partial charge in [0.05, 0.1) is 6.54 Å². The van der Waals surface area contributed by atoms with Gasteiger partial charge in [-0.2, -0.15) is 0 Å². The molecule has 0 radical (unpaired) electrons. The highest BCUT2D eigenvalue weighted by Gasteiger charge is 2.14. The van der Waals surface area contributed by atoms with Crippen LogP contribution in [0.1, 0.15) is 41.0 Å². The van der Waals surface area contributed by atoms with Crippen LogP contribution < -0.4 is 5.32 Å². The Morgan fingerprint density at radius 3 is 2.36 bits per heavy atom. The van der Waals surface area contributed by atoms with Crippen LogP contribution in [0, 0.1) is 23.2 Å². The molecule has 0 aromatic carbocycles. The van der Waals surface area contributed by atoms with Crippen LogP contribution in [0.15, 0.2) is 0 Å². The number of hydrogen-bond donors (Lipinski definition) is 1. The number of carbonyl (C=O) groups excluding carboxylic acids is 1. The van der Waals surface area contributed by atoms with Gasteiger partial charge in [-0.25, -0.2) is 0 Å². The third kappa shape index (κ3) is 9.12. The molecule has 0 unspecified atom stereocenters. The summed E-state index contributed by atoms with van der Waals surface area (Å²) in [6.07, 6.45) is 0.552. The molecule has 14 heavy (non-hydrogen) atoms. The molecule has 0 aliphatic carbocycles. The maximum absolute atomic E-state index is 11.3. The van der Waals surface area contributed by atoms with E-state index in [0.717, 1.165) is 0 Å². The first kappa shape index (κ1) is 13.0. The normalized spacial score (nSPS) is 10.7. The molecule has 0 atom stereocenters. The Morgan fingerprint density at radius 1 is 1.36 bits per heavy atom. The Balaban J connectivity index is 3.73. The number of hydrogen-bond acceptors (Lipinski definition) is 1. The number of rotatable bonds is 2. The van der Waals surface area contributed by atoms with Crippen LogP contribution >= 0.6 is 0 Å². The molecule has 0 bridgehead atoms. The minimum Gasteiger partial charge on any atom is -0.345 e. The summed E-state index contributed by atoms with van der Waals surface area (Å²) in [6, 6.07) is 0. The van der Waals surface area contributed by atoms with Gasteiger partial charge in [-0.3, -0.25) is 4.79 Å². The summed E-state index contributed by atoms with van der Waals surface area (Å²) in [5.41, 5.74) is 0.0512. The first-order chi connectivity index (χ1) is 6.31. The van der Waals surface area contributed by atoms with E-state index >= 15 is 0 Å². The fourth-order valence-electron chi connectivity index (χ4n) is 0.942. The lowest BCUT2D eigenvalue weighted by Crippen LogP contribution is -2.27. The zero-order valence-corrected chi connectivity index (χ0v) is 9.90. The highest BCUT2D eigenvalue weighted by molar-refractivity contribution is 5.76. The molecule has 1 amide bonds. The standard InChI is InChI=1S/C12H21NO/c1-10(2)7-6-8-13-11(14)9-12(3,4)5/h10H,8-9H2,1-5H3,(H,13,14). The van der Waals surface area contributed by atoms with Crippen molar-refractivity contribution >= 4 is 5.91 Å². The molecule has 0 aromatic heterocycles. The molecule has 80 valence electrons. The summed E-state index contributed by atoms with van der Waals surface area (Å²) < 4.78 is 0. The van der Waals surface area contributed by atoms with Gasteiger partial charge in [0.15, 0.2) is 0 Å². The summed E-state index contributed by atoms with van der Waals surface area (Å²) in [5, 5.41) is 2.78. The second-order valence-corrected chi connectivity index (χ2v) is 4.99. The van der Waals surface area contributed by atoms with Crippen LogP contribution in [0.5, 0.6) is 0 Å². The average Bonchev–Trinajstić information content (AvgIpc) is 1.94. The van der Waals surface area contributed by atoms with Crippen molar-refractivity contribution in [2.24, 2.45) is 11.3 Å². The number of carbonyl (C=O) groups is 1. The van der Waals surface area contributed by atoms with Gasteiger partial charge >= 0.3 is 0 Å². The van der Waals surface area contributed by atoms with E-state index in [1.54, 1.807) is 0 Å². The lowest BCUT2D eigenvalue weighted by Gasteiger charge is -2.16. The highest BCUT2D eigenvalue weighted by atomic mass is 16.1. The smallest absolute Gasteiger partial charge is 0.221 e. The Bertz CT molecular complexity index is 237. The number of nitrogens with one attached hydrogen (secondary N) is 1. The second kappa shape index (κ2) is 5.70. The van der Waals surface area contributed by atoms with Gasteiger partial charge < -0.3 is 5.32 Å². The number of amides is 1. The summed E-state index contributed by atoms with van der Waals surface area (Å²) >= 11 is 0. The Kier molecular flexibility index (Phi) is 5.30. The monoisotopic (exact) mass is 195 g/mol. The lowest BCUT2D eigenvalue weighted by molar-refractivity contribution is -0.122. The molecule has 0 aromatic rings. The van der Waals surface area contributed by atoms with Gasteiger partial charge in [-0.05, 0) is 5.41 Å².